The molecule has 0 radical (unpaired) electrons. The smallest absolute Gasteiger partial charge is 0.244 e. The van der Waals surface area contributed by atoms with Crippen molar-refractivity contribution in [1.82, 2.24) is 4.72 Å². The van der Waals surface area contributed by atoms with E-state index >= 15 is 0 Å². The predicted molar refractivity (Wildman–Crippen MR) is 69.0 cm³/mol. The first kappa shape index (κ1) is 14.7. The lowest BCUT2D eigenvalue weighted by Gasteiger charge is -2.13. The maximum atomic E-state index is 12.0. The second kappa shape index (κ2) is 5.55. The monoisotopic (exact) mass is 274 g/mol. The molecule has 4 N–H and O–H groups in total. The van der Waals surface area contributed by atoms with Crippen molar-refractivity contribution in [3.05, 3.63) is 17.7 Å². The van der Waals surface area contributed by atoms with Gasteiger partial charge in [0, 0.05) is 12.2 Å². The van der Waals surface area contributed by atoms with E-state index in [1.54, 1.807) is 13.0 Å². The molecule has 0 saturated carbocycles. The number of anilines is 1. The van der Waals surface area contributed by atoms with E-state index in [9.17, 15) is 8.42 Å². The van der Waals surface area contributed by atoms with Crippen molar-refractivity contribution in [2.45, 2.75) is 24.8 Å². The third-order valence-electron chi connectivity index (χ3n) is 2.41. The first-order valence-electron chi connectivity index (χ1n) is 5.39. The van der Waals surface area contributed by atoms with E-state index in [1.165, 1.54) is 20.1 Å². The molecule has 1 aromatic rings. The summed E-state index contributed by atoms with van der Waals surface area (Å²) in [5.41, 5.74) is 6.81. The summed E-state index contributed by atoms with van der Waals surface area (Å²) >= 11 is 0. The Bertz CT molecular complexity index is 526. The van der Waals surface area contributed by atoms with Crippen LogP contribution in [0.15, 0.2) is 17.0 Å². The molecular formula is C11H18N2O4S. The molecule has 0 fully saturated rings. The van der Waals surface area contributed by atoms with Gasteiger partial charge in [0.2, 0.25) is 10.0 Å². The van der Waals surface area contributed by atoms with Crippen molar-refractivity contribution < 1.29 is 18.3 Å². The van der Waals surface area contributed by atoms with Crippen LogP contribution < -0.4 is 15.2 Å². The van der Waals surface area contributed by atoms with Crippen LogP contribution in [-0.4, -0.2) is 33.3 Å². The van der Waals surface area contributed by atoms with Crippen LogP contribution in [0.25, 0.3) is 0 Å². The number of nitrogen functional groups attached to an aromatic ring is 1. The molecular weight excluding hydrogens is 256 g/mol. The van der Waals surface area contributed by atoms with Gasteiger partial charge in [-0.3, -0.25) is 0 Å². The van der Waals surface area contributed by atoms with Gasteiger partial charge in [0.25, 0.3) is 0 Å². The first-order chi connectivity index (χ1) is 8.27. The Balaban J connectivity index is 3.19. The molecule has 0 saturated heterocycles. The Morgan fingerprint density at radius 3 is 2.61 bits per heavy atom. The van der Waals surface area contributed by atoms with Gasteiger partial charge in [-0.15, -0.1) is 0 Å². The number of hydrogen-bond donors (Lipinski definition) is 3. The third kappa shape index (κ3) is 3.34. The van der Waals surface area contributed by atoms with Gasteiger partial charge in [-0.05, 0) is 31.5 Å². The van der Waals surface area contributed by atoms with E-state index < -0.39 is 16.1 Å². The summed E-state index contributed by atoms with van der Waals surface area (Å²) in [5, 5.41) is 9.10. The summed E-state index contributed by atoms with van der Waals surface area (Å²) in [5.74, 6) is 0.222. The molecule has 0 amide bonds. The second-order valence-corrected chi connectivity index (χ2v) is 5.80. The molecule has 0 aromatic heterocycles. The van der Waals surface area contributed by atoms with E-state index in [0.717, 1.165) is 5.56 Å². The fraction of sp³-hybridized carbons (Fsp3) is 0.455. The van der Waals surface area contributed by atoms with Crippen LogP contribution in [0.2, 0.25) is 0 Å². The summed E-state index contributed by atoms with van der Waals surface area (Å²) in [6.07, 6.45) is -0.770. The van der Waals surface area contributed by atoms with E-state index in [2.05, 4.69) is 4.72 Å². The lowest BCUT2D eigenvalue weighted by Crippen LogP contribution is -2.31. The summed E-state index contributed by atoms with van der Waals surface area (Å²) < 4.78 is 31.4. The molecule has 102 valence electrons. The van der Waals surface area contributed by atoms with Gasteiger partial charge >= 0.3 is 0 Å². The number of hydrogen-bond acceptors (Lipinski definition) is 5. The number of aliphatic hydroxyl groups is 1. The van der Waals surface area contributed by atoms with Crippen LogP contribution in [0.4, 0.5) is 5.69 Å². The van der Waals surface area contributed by atoms with E-state index in [4.69, 9.17) is 15.6 Å². The number of ether oxygens (including phenoxy) is 1. The first-order valence-corrected chi connectivity index (χ1v) is 6.88. The van der Waals surface area contributed by atoms with Crippen molar-refractivity contribution in [2.75, 3.05) is 19.4 Å². The SMILES string of the molecule is COc1cc(C)c(N)cc1S(=O)(=O)NCC(C)O. The zero-order valence-electron chi connectivity index (χ0n) is 10.6. The van der Waals surface area contributed by atoms with Gasteiger partial charge in [0.05, 0.1) is 13.2 Å². The number of nitrogens with one attached hydrogen (secondary N) is 1. The molecule has 0 aliphatic rings. The predicted octanol–water partition coefficient (Wildman–Crippen LogP) is 0.245. The quantitative estimate of drug-likeness (QED) is 0.668. The number of aryl methyl sites for hydroxylation is 1. The molecule has 7 heteroatoms. The summed E-state index contributed by atoms with van der Waals surface area (Å²) in [6, 6.07) is 2.91. The zero-order valence-corrected chi connectivity index (χ0v) is 11.4. The molecule has 1 unspecified atom stereocenters. The minimum absolute atomic E-state index is 0.0336. The zero-order chi connectivity index (χ0) is 13.9. The van der Waals surface area contributed by atoms with Crippen LogP contribution in [-0.2, 0) is 10.0 Å². The highest BCUT2D eigenvalue weighted by atomic mass is 32.2. The number of methoxy groups -OCH3 is 1. The maximum Gasteiger partial charge on any atom is 0.244 e. The van der Waals surface area contributed by atoms with Crippen molar-refractivity contribution in [3.63, 3.8) is 0 Å². The molecule has 0 heterocycles. The topological polar surface area (TPSA) is 102 Å². The lowest BCUT2D eigenvalue weighted by atomic mass is 10.2. The maximum absolute atomic E-state index is 12.0. The highest BCUT2D eigenvalue weighted by molar-refractivity contribution is 7.89. The fourth-order valence-electron chi connectivity index (χ4n) is 1.35. The Morgan fingerprint density at radius 2 is 2.11 bits per heavy atom. The fourth-order valence-corrected chi connectivity index (χ4v) is 2.66. The Kier molecular flexibility index (Phi) is 4.55. The summed E-state index contributed by atoms with van der Waals surface area (Å²) in [7, 11) is -2.36. The largest absolute Gasteiger partial charge is 0.495 e. The van der Waals surface area contributed by atoms with Crippen molar-refractivity contribution in [2.24, 2.45) is 0 Å². The van der Waals surface area contributed by atoms with Crippen molar-refractivity contribution in [1.29, 1.82) is 0 Å². The molecule has 1 rings (SSSR count). The van der Waals surface area contributed by atoms with Crippen LogP contribution in [0.5, 0.6) is 5.75 Å². The second-order valence-electron chi connectivity index (χ2n) is 4.06. The molecule has 1 atom stereocenters. The highest BCUT2D eigenvalue weighted by Crippen LogP contribution is 2.28. The number of aliphatic hydroxyl groups excluding tert-OH is 1. The Hall–Kier alpha value is -1.31. The van der Waals surface area contributed by atoms with Crippen LogP contribution >= 0.6 is 0 Å². The van der Waals surface area contributed by atoms with E-state index in [1.807, 2.05) is 0 Å². The molecule has 18 heavy (non-hydrogen) atoms. The Labute approximate surface area is 107 Å². The summed E-state index contributed by atoms with van der Waals surface area (Å²) in [4.78, 5) is -0.0336. The van der Waals surface area contributed by atoms with Gasteiger partial charge in [0.15, 0.2) is 0 Å². The normalized spacial score (nSPS) is 13.3. The molecule has 1 aromatic carbocycles. The minimum atomic E-state index is -3.75. The standard InChI is InChI=1S/C11H18N2O4S/c1-7-4-10(17-3)11(5-9(7)12)18(15,16)13-6-8(2)14/h4-5,8,13-14H,6,12H2,1-3H3. The van der Waals surface area contributed by atoms with E-state index in [-0.39, 0.29) is 17.2 Å². The van der Waals surface area contributed by atoms with Crippen molar-refractivity contribution in [3.8, 4) is 5.75 Å². The van der Waals surface area contributed by atoms with E-state index in [0.29, 0.717) is 5.69 Å². The highest BCUT2D eigenvalue weighted by Gasteiger charge is 2.21. The van der Waals surface area contributed by atoms with Gasteiger partial charge in [-0.25, -0.2) is 13.1 Å². The Morgan fingerprint density at radius 1 is 1.50 bits per heavy atom. The van der Waals surface area contributed by atoms with Crippen LogP contribution in [0.1, 0.15) is 12.5 Å². The molecule has 6 nitrogen and oxygen atoms in total. The average Bonchev–Trinajstić information content (AvgIpc) is 2.29. The molecule has 0 spiro atoms. The minimum Gasteiger partial charge on any atom is -0.495 e. The van der Waals surface area contributed by atoms with Gasteiger partial charge in [0.1, 0.15) is 10.6 Å². The van der Waals surface area contributed by atoms with Gasteiger partial charge in [-0.2, -0.15) is 0 Å². The molecule has 0 bridgehead atoms. The summed E-state index contributed by atoms with van der Waals surface area (Å²) in [6.45, 7) is 3.18. The average molecular weight is 274 g/mol. The van der Waals surface area contributed by atoms with Crippen molar-refractivity contribution >= 4 is 15.7 Å². The number of rotatable bonds is 5. The van der Waals surface area contributed by atoms with Gasteiger partial charge in [-0.1, -0.05) is 0 Å². The number of benzene rings is 1. The van der Waals surface area contributed by atoms with Gasteiger partial charge < -0.3 is 15.6 Å². The van der Waals surface area contributed by atoms with Crippen LogP contribution in [0, 0.1) is 6.92 Å². The molecule has 0 aliphatic heterocycles. The lowest BCUT2D eigenvalue weighted by molar-refractivity contribution is 0.198. The molecule has 0 aliphatic carbocycles. The third-order valence-corrected chi connectivity index (χ3v) is 3.86. The van der Waals surface area contributed by atoms with Crippen LogP contribution in [0.3, 0.4) is 0 Å². The number of sulfonamides is 1. The number of nitrogens with two attached hydrogens (primary N) is 1.